The Bertz CT molecular complexity index is 1350. The van der Waals surface area contributed by atoms with Crippen LogP contribution in [0.15, 0.2) is 87.9 Å². The molecule has 0 spiro atoms. The Kier molecular flexibility index (Phi) is 5.89. The van der Waals surface area contributed by atoms with Gasteiger partial charge in [0.1, 0.15) is 5.76 Å². The van der Waals surface area contributed by atoms with Crippen molar-refractivity contribution < 1.29 is 22.4 Å². The zero-order valence-corrected chi connectivity index (χ0v) is 18.7. The zero-order valence-electron chi connectivity index (χ0n) is 17.9. The molecule has 0 fully saturated rings. The topological polar surface area (TPSA) is 109 Å². The summed E-state index contributed by atoms with van der Waals surface area (Å²) in [6.45, 7) is 3.74. The Hall–Kier alpha value is -4.11. The second-order valence-corrected chi connectivity index (χ2v) is 9.19. The lowest BCUT2D eigenvalue weighted by Gasteiger charge is -2.30. The summed E-state index contributed by atoms with van der Waals surface area (Å²) in [4.78, 5) is 25.7. The van der Waals surface area contributed by atoms with E-state index in [9.17, 15) is 18.0 Å². The minimum absolute atomic E-state index is 0.0657. The van der Waals surface area contributed by atoms with Gasteiger partial charge < -0.3 is 4.42 Å². The standard InChI is InChI=1S/C24H21N3O5S/c1-16-5-9-18(10-6-16)22-15-19(14-20-4-3-13-32-20)23(28)25-27(22)24(29)26-33(30,31)21-11-7-17(2)8-12-21/h3-15H,1-2H3,(H,25,28)(H,26,29)/b19-14+. The Labute approximate surface area is 191 Å². The SMILES string of the molecule is Cc1ccc(C2=C/C(=C\c3ccco3)C(=O)NN2C(=O)NS(=O)(=O)c2ccc(C)cc2)cc1. The molecule has 168 valence electrons. The van der Waals surface area contributed by atoms with E-state index in [0.29, 0.717) is 17.0 Å². The van der Waals surface area contributed by atoms with Crippen LogP contribution in [0, 0.1) is 13.8 Å². The quantitative estimate of drug-likeness (QED) is 0.573. The van der Waals surface area contributed by atoms with Crippen molar-refractivity contribution in [2.45, 2.75) is 18.7 Å². The monoisotopic (exact) mass is 463 g/mol. The van der Waals surface area contributed by atoms with Crippen molar-refractivity contribution in [3.05, 3.63) is 101 Å². The van der Waals surface area contributed by atoms with Crippen LogP contribution >= 0.6 is 0 Å². The molecule has 0 aliphatic carbocycles. The first kappa shape index (κ1) is 22.1. The predicted molar refractivity (Wildman–Crippen MR) is 123 cm³/mol. The summed E-state index contributed by atoms with van der Waals surface area (Å²) in [7, 11) is -4.16. The summed E-state index contributed by atoms with van der Waals surface area (Å²) < 4.78 is 32.8. The number of furan rings is 1. The third kappa shape index (κ3) is 4.88. The number of rotatable bonds is 4. The Morgan fingerprint density at radius 2 is 1.64 bits per heavy atom. The van der Waals surface area contributed by atoms with Crippen LogP contribution in [0.1, 0.15) is 22.5 Å². The van der Waals surface area contributed by atoms with E-state index in [1.54, 1.807) is 36.4 Å². The summed E-state index contributed by atoms with van der Waals surface area (Å²) in [5.41, 5.74) is 5.49. The van der Waals surface area contributed by atoms with Crippen LogP contribution in [0.25, 0.3) is 11.8 Å². The number of hydrazine groups is 1. The lowest BCUT2D eigenvalue weighted by atomic mass is 10.0. The third-order valence-corrected chi connectivity index (χ3v) is 6.29. The zero-order chi connectivity index (χ0) is 23.6. The van der Waals surface area contributed by atoms with Gasteiger partial charge in [-0.15, -0.1) is 0 Å². The third-order valence-electron chi connectivity index (χ3n) is 4.95. The number of carbonyl (C=O) groups is 2. The second-order valence-electron chi connectivity index (χ2n) is 7.51. The molecule has 0 saturated carbocycles. The predicted octanol–water partition coefficient (Wildman–Crippen LogP) is 3.77. The summed E-state index contributed by atoms with van der Waals surface area (Å²) in [5, 5.41) is 0.887. The Balaban J connectivity index is 1.71. The van der Waals surface area contributed by atoms with Gasteiger partial charge >= 0.3 is 6.03 Å². The fourth-order valence-corrected chi connectivity index (χ4v) is 4.10. The van der Waals surface area contributed by atoms with Crippen molar-refractivity contribution in [3.63, 3.8) is 0 Å². The number of carbonyl (C=O) groups excluding carboxylic acids is 2. The fourth-order valence-electron chi connectivity index (χ4n) is 3.17. The van der Waals surface area contributed by atoms with E-state index >= 15 is 0 Å². The maximum atomic E-state index is 13.0. The van der Waals surface area contributed by atoms with Crippen molar-refractivity contribution in [1.29, 1.82) is 0 Å². The maximum Gasteiger partial charge on any atom is 0.354 e. The molecular weight excluding hydrogens is 442 g/mol. The first-order valence-corrected chi connectivity index (χ1v) is 11.5. The van der Waals surface area contributed by atoms with Crippen molar-refractivity contribution in [2.75, 3.05) is 0 Å². The van der Waals surface area contributed by atoms with Gasteiger partial charge in [-0.05, 0) is 50.3 Å². The normalized spacial score (nSPS) is 15.2. The number of hydrogen-bond donors (Lipinski definition) is 2. The molecule has 2 aromatic carbocycles. The second kappa shape index (κ2) is 8.79. The lowest BCUT2D eigenvalue weighted by molar-refractivity contribution is -0.120. The van der Waals surface area contributed by atoms with Crippen LogP contribution in [0.3, 0.4) is 0 Å². The van der Waals surface area contributed by atoms with Crippen LogP contribution in [-0.4, -0.2) is 25.4 Å². The first-order chi connectivity index (χ1) is 15.7. The van der Waals surface area contributed by atoms with E-state index in [0.717, 1.165) is 16.1 Å². The molecule has 3 amide bonds. The molecular formula is C24H21N3O5S. The molecule has 2 N–H and O–H groups in total. The highest BCUT2D eigenvalue weighted by molar-refractivity contribution is 7.90. The first-order valence-electron chi connectivity index (χ1n) is 10.0. The van der Waals surface area contributed by atoms with Crippen LogP contribution in [-0.2, 0) is 14.8 Å². The van der Waals surface area contributed by atoms with Gasteiger partial charge in [0.15, 0.2) is 0 Å². The summed E-state index contributed by atoms with van der Waals surface area (Å²) >= 11 is 0. The number of benzene rings is 2. The molecule has 3 aromatic rings. The number of urea groups is 1. The molecule has 8 nitrogen and oxygen atoms in total. The van der Waals surface area contributed by atoms with Crippen molar-refractivity contribution in [1.82, 2.24) is 15.2 Å². The summed E-state index contributed by atoms with van der Waals surface area (Å²) in [5.74, 6) is -0.135. The average molecular weight is 464 g/mol. The van der Waals surface area contributed by atoms with E-state index in [2.05, 4.69) is 5.43 Å². The number of nitrogens with one attached hydrogen (secondary N) is 2. The summed E-state index contributed by atoms with van der Waals surface area (Å²) in [6.07, 6.45) is 4.51. The molecule has 0 atom stereocenters. The average Bonchev–Trinajstić information content (AvgIpc) is 3.29. The lowest BCUT2D eigenvalue weighted by Crippen LogP contribution is -2.52. The van der Waals surface area contributed by atoms with Gasteiger partial charge in [-0.1, -0.05) is 47.5 Å². The van der Waals surface area contributed by atoms with Gasteiger partial charge in [0.05, 0.1) is 16.9 Å². The molecule has 2 heterocycles. The molecule has 1 aliphatic heterocycles. The molecule has 0 bridgehead atoms. The number of aryl methyl sites for hydroxylation is 2. The van der Waals surface area contributed by atoms with E-state index in [4.69, 9.17) is 4.42 Å². The van der Waals surface area contributed by atoms with Crippen molar-refractivity contribution >= 4 is 33.7 Å². The van der Waals surface area contributed by atoms with Gasteiger partial charge in [-0.2, -0.15) is 0 Å². The highest BCUT2D eigenvalue weighted by Gasteiger charge is 2.31. The van der Waals surface area contributed by atoms with E-state index in [1.165, 1.54) is 30.5 Å². The minimum Gasteiger partial charge on any atom is -0.465 e. The van der Waals surface area contributed by atoms with Crippen LogP contribution < -0.4 is 10.1 Å². The highest BCUT2D eigenvalue weighted by Crippen LogP contribution is 2.26. The number of sulfonamides is 1. The maximum absolute atomic E-state index is 13.0. The van der Waals surface area contributed by atoms with Gasteiger partial charge in [-0.25, -0.2) is 22.9 Å². The van der Waals surface area contributed by atoms with Gasteiger partial charge in [-0.3, -0.25) is 10.2 Å². The number of nitrogens with zero attached hydrogens (tertiary/aromatic N) is 1. The van der Waals surface area contributed by atoms with Crippen LogP contribution in [0.2, 0.25) is 0 Å². The Morgan fingerprint density at radius 1 is 1.00 bits per heavy atom. The van der Waals surface area contributed by atoms with Crippen LogP contribution in [0.5, 0.6) is 0 Å². The van der Waals surface area contributed by atoms with Gasteiger partial charge in [0, 0.05) is 11.1 Å². The molecule has 1 aliphatic rings. The molecule has 0 radical (unpaired) electrons. The molecule has 33 heavy (non-hydrogen) atoms. The fraction of sp³-hybridized carbons (Fsp3) is 0.0833. The molecule has 0 unspecified atom stereocenters. The van der Waals surface area contributed by atoms with E-state index < -0.39 is 22.0 Å². The summed E-state index contributed by atoms with van der Waals surface area (Å²) in [6, 6.07) is 15.7. The molecule has 9 heteroatoms. The van der Waals surface area contributed by atoms with E-state index in [1.807, 2.05) is 30.7 Å². The minimum atomic E-state index is -4.16. The van der Waals surface area contributed by atoms with Crippen molar-refractivity contribution in [2.24, 2.45) is 0 Å². The van der Waals surface area contributed by atoms with Gasteiger partial charge in [0.2, 0.25) is 0 Å². The van der Waals surface area contributed by atoms with E-state index in [-0.39, 0.29) is 10.5 Å². The largest absolute Gasteiger partial charge is 0.465 e. The molecule has 0 saturated heterocycles. The number of amides is 3. The van der Waals surface area contributed by atoms with Crippen molar-refractivity contribution in [3.8, 4) is 0 Å². The highest BCUT2D eigenvalue weighted by atomic mass is 32.2. The Morgan fingerprint density at radius 3 is 2.24 bits per heavy atom. The molecule has 4 rings (SSSR count). The van der Waals surface area contributed by atoms with Crippen LogP contribution in [0.4, 0.5) is 4.79 Å². The number of hydrogen-bond acceptors (Lipinski definition) is 5. The molecule has 1 aromatic heterocycles. The smallest absolute Gasteiger partial charge is 0.354 e. The van der Waals surface area contributed by atoms with Gasteiger partial charge in [0.25, 0.3) is 15.9 Å².